The summed E-state index contributed by atoms with van der Waals surface area (Å²) in [6, 6.07) is 12.6. The highest BCUT2D eigenvalue weighted by molar-refractivity contribution is 6.30. The maximum atomic E-state index is 12.4. The minimum absolute atomic E-state index is 0.0305. The van der Waals surface area contributed by atoms with Crippen LogP contribution in [-0.2, 0) is 13.0 Å². The lowest BCUT2D eigenvalue weighted by Crippen LogP contribution is -2.37. The second-order valence-electron chi connectivity index (χ2n) is 4.91. The smallest absolute Gasteiger partial charge is 0.254 e. The van der Waals surface area contributed by atoms with Crippen molar-refractivity contribution in [3.8, 4) is 5.75 Å². The molecule has 1 aliphatic rings. The zero-order valence-corrected chi connectivity index (χ0v) is 11.6. The van der Waals surface area contributed by atoms with Crippen molar-refractivity contribution in [1.82, 2.24) is 4.90 Å². The SMILES string of the molecule is O=C1c2cccc(O)c2CCN1Cc1ccc(Cl)cc1. The van der Waals surface area contributed by atoms with Crippen LogP contribution in [0.15, 0.2) is 42.5 Å². The lowest BCUT2D eigenvalue weighted by Gasteiger charge is -2.29. The highest BCUT2D eigenvalue weighted by Crippen LogP contribution is 2.27. The molecule has 0 bridgehead atoms. The zero-order chi connectivity index (χ0) is 14.1. The first-order valence-corrected chi connectivity index (χ1v) is 6.87. The van der Waals surface area contributed by atoms with Crippen molar-refractivity contribution in [3.05, 3.63) is 64.2 Å². The summed E-state index contributed by atoms with van der Waals surface area (Å²) in [5.74, 6) is 0.180. The third-order valence-electron chi connectivity index (χ3n) is 3.59. The summed E-state index contributed by atoms with van der Waals surface area (Å²) < 4.78 is 0. The summed E-state index contributed by atoms with van der Waals surface area (Å²) in [6.07, 6.45) is 0.682. The van der Waals surface area contributed by atoms with Gasteiger partial charge in [-0.05, 0) is 36.2 Å². The summed E-state index contributed by atoms with van der Waals surface area (Å²) in [6.45, 7) is 1.18. The van der Waals surface area contributed by atoms with Crippen LogP contribution in [0, 0.1) is 0 Å². The lowest BCUT2D eigenvalue weighted by atomic mass is 9.97. The third-order valence-corrected chi connectivity index (χ3v) is 3.84. The molecule has 3 rings (SSSR count). The standard InChI is InChI=1S/C16H14ClNO2/c17-12-6-4-11(5-7-12)10-18-9-8-13-14(16(18)20)2-1-3-15(13)19/h1-7,19H,8-10H2. The number of aromatic hydroxyl groups is 1. The van der Waals surface area contributed by atoms with Crippen molar-refractivity contribution in [1.29, 1.82) is 0 Å². The molecule has 4 heteroatoms. The van der Waals surface area contributed by atoms with Crippen LogP contribution < -0.4 is 0 Å². The molecule has 3 nitrogen and oxygen atoms in total. The van der Waals surface area contributed by atoms with Crippen molar-refractivity contribution in [2.75, 3.05) is 6.54 Å². The van der Waals surface area contributed by atoms with E-state index in [4.69, 9.17) is 11.6 Å². The number of nitrogens with zero attached hydrogens (tertiary/aromatic N) is 1. The van der Waals surface area contributed by atoms with E-state index in [0.29, 0.717) is 30.1 Å². The van der Waals surface area contributed by atoms with E-state index >= 15 is 0 Å². The van der Waals surface area contributed by atoms with E-state index in [1.807, 2.05) is 24.3 Å². The Morgan fingerprint density at radius 3 is 2.65 bits per heavy atom. The molecule has 0 radical (unpaired) electrons. The molecular weight excluding hydrogens is 274 g/mol. The number of phenols is 1. The predicted molar refractivity (Wildman–Crippen MR) is 78.0 cm³/mol. The summed E-state index contributed by atoms with van der Waals surface area (Å²) >= 11 is 5.86. The molecule has 0 atom stereocenters. The minimum atomic E-state index is -0.0305. The number of carbonyl (C=O) groups excluding carboxylic acids is 1. The van der Waals surface area contributed by atoms with Crippen molar-refractivity contribution >= 4 is 17.5 Å². The van der Waals surface area contributed by atoms with E-state index in [0.717, 1.165) is 11.1 Å². The molecule has 2 aromatic carbocycles. The Bertz CT molecular complexity index is 652. The van der Waals surface area contributed by atoms with Crippen molar-refractivity contribution in [3.63, 3.8) is 0 Å². The number of fused-ring (bicyclic) bond motifs is 1. The van der Waals surface area contributed by atoms with E-state index < -0.39 is 0 Å². The highest BCUT2D eigenvalue weighted by atomic mass is 35.5. The summed E-state index contributed by atoms with van der Waals surface area (Å²) in [7, 11) is 0. The van der Waals surface area contributed by atoms with Gasteiger partial charge >= 0.3 is 0 Å². The molecule has 0 aromatic heterocycles. The number of phenolic OH excluding ortho intramolecular Hbond substituents is 1. The van der Waals surface area contributed by atoms with Crippen LogP contribution in [0.5, 0.6) is 5.75 Å². The Labute approximate surface area is 122 Å². The first-order valence-electron chi connectivity index (χ1n) is 6.50. The Hall–Kier alpha value is -2.00. The second-order valence-corrected chi connectivity index (χ2v) is 5.34. The monoisotopic (exact) mass is 287 g/mol. The fourth-order valence-corrected chi connectivity index (χ4v) is 2.64. The summed E-state index contributed by atoms with van der Waals surface area (Å²) in [5, 5.41) is 10.5. The average molecular weight is 288 g/mol. The van der Waals surface area contributed by atoms with Gasteiger partial charge in [-0.15, -0.1) is 0 Å². The minimum Gasteiger partial charge on any atom is -0.508 e. The Balaban J connectivity index is 1.84. The molecule has 0 saturated carbocycles. The number of halogens is 1. The fraction of sp³-hybridized carbons (Fsp3) is 0.188. The molecule has 1 heterocycles. The number of carbonyl (C=O) groups is 1. The van der Waals surface area contributed by atoms with Crippen molar-refractivity contribution < 1.29 is 9.90 Å². The van der Waals surface area contributed by atoms with E-state index in [2.05, 4.69) is 0 Å². The van der Waals surface area contributed by atoms with Gasteiger partial charge in [-0.1, -0.05) is 29.8 Å². The molecule has 1 N–H and O–H groups in total. The molecule has 1 amide bonds. The molecule has 0 fully saturated rings. The highest BCUT2D eigenvalue weighted by Gasteiger charge is 2.25. The topological polar surface area (TPSA) is 40.5 Å². The van der Waals surface area contributed by atoms with Crippen LogP contribution in [-0.4, -0.2) is 22.5 Å². The van der Waals surface area contributed by atoms with Gasteiger partial charge in [0.15, 0.2) is 0 Å². The van der Waals surface area contributed by atoms with Gasteiger partial charge in [0.25, 0.3) is 5.91 Å². The van der Waals surface area contributed by atoms with E-state index in [1.165, 1.54) is 0 Å². The molecule has 0 spiro atoms. The number of hydrogen-bond donors (Lipinski definition) is 1. The van der Waals surface area contributed by atoms with Gasteiger partial charge in [0.1, 0.15) is 5.75 Å². The Morgan fingerprint density at radius 2 is 1.90 bits per heavy atom. The third kappa shape index (κ3) is 2.37. The van der Waals surface area contributed by atoms with Gasteiger partial charge in [0, 0.05) is 29.2 Å². The maximum Gasteiger partial charge on any atom is 0.254 e. The Morgan fingerprint density at radius 1 is 1.15 bits per heavy atom. The molecule has 2 aromatic rings. The van der Waals surface area contributed by atoms with Gasteiger partial charge < -0.3 is 10.0 Å². The van der Waals surface area contributed by atoms with Crippen LogP contribution >= 0.6 is 11.6 Å². The number of rotatable bonds is 2. The van der Waals surface area contributed by atoms with Crippen molar-refractivity contribution in [2.45, 2.75) is 13.0 Å². The van der Waals surface area contributed by atoms with Gasteiger partial charge in [-0.25, -0.2) is 0 Å². The van der Waals surface area contributed by atoms with Gasteiger partial charge in [-0.3, -0.25) is 4.79 Å². The molecule has 102 valence electrons. The second kappa shape index (κ2) is 5.17. The lowest BCUT2D eigenvalue weighted by molar-refractivity contribution is 0.0725. The molecule has 1 aliphatic heterocycles. The van der Waals surface area contributed by atoms with E-state index in [9.17, 15) is 9.90 Å². The van der Waals surface area contributed by atoms with Crippen LogP contribution in [0.1, 0.15) is 21.5 Å². The fourth-order valence-electron chi connectivity index (χ4n) is 2.52. The van der Waals surface area contributed by atoms with Crippen LogP contribution in [0.3, 0.4) is 0 Å². The Kier molecular flexibility index (Phi) is 3.36. The molecule has 20 heavy (non-hydrogen) atoms. The van der Waals surface area contributed by atoms with Crippen LogP contribution in [0.25, 0.3) is 0 Å². The van der Waals surface area contributed by atoms with E-state index in [1.54, 1.807) is 23.1 Å². The number of amides is 1. The number of benzene rings is 2. The van der Waals surface area contributed by atoms with Gasteiger partial charge in [0.05, 0.1) is 0 Å². The molecule has 0 aliphatic carbocycles. The molecule has 0 saturated heterocycles. The summed E-state index contributed by atoms with van der Waals surface area (Å²) in [4.78, 5) is 14.2. The summed E-state index contributed by atoms with van der Waals surface area (Å²) in [5.41, 5.74) is 2.40. The normalized spacial score (nSPS) is 14.2. The van der Waals surface area contributed by atoms with Crippen LogP contribution in [0.2, 0.25) is 5.02 Å². The zero-order valence-electron chi connectivity index (χ0n) is 10.8. The molecule has 0 unspecified atom stereocenters. The predicted octanol–water partition coefficient (Wildman–Crippen LogP) is 3.24. The van der Waals surface area contributed by atoms with Crippen molar-refractivity contribution in [2.24, 2.45) is 0 Å². The van der Waals surface area contributed by atoms with E-state index in [-0.39, 0.29) is 11.7 Å². The van der Waals surface area contributed by atoms with Crippen LogP contribution in [0.4, 0.5) is 0 Å². The van der Waals surface area contributed by atoms with Gasteiger partial charge in [0.2, 0.25) is 0 Å². The maximum absolute atomic E-state index is 12.4. The number of hydrogen-bond acceptors (Lipinski definition) is 2. The van der Waals surface area contributed by atoms with Gasteiger partial charge in [-0.2, -0.15) is 0 Å². The average Bonchev–Trinajstić information content (AvgIpc) is 2.45. The first-order chi connectivity index (χ1) is 9.65. The largest absolute Gasteiger partial charge is 0.508 e. The first kappa shape index (κ1) is 13.0. The molecular formula is C16H14ClNO2. The quantitative estimate of drug-likeness (QED) is 0.921.